The van der Waals surface area contributed by atoms with Gasteiger partial charge in [0.1, 0.15) is 11.5 Å². The van der Waals surface area contributed by atoms with Crippen LogP contribution in [-0.4, -0.2) is 36.9 Å². The maximum absolute atomic E-state index is 12.9. The Labute approximate surface area is 155 Å². The second-order valence-electron chi connectivity index (χ2n) is 8.42. The Hall–Kier alpha value is -2.24. The van der Waals surface area contributed by atoms with E-state index in [9.17, 15) is 4.79 Å². The van der Waals surface area contributed by atoms with Crippen molar-refractivity contribution in [1.82, 2.24) is 24.4 Å². The van der Waals surface area contributed by atoms with E-state index in [2.05, 4.69) is 35.7 Å². The smallest absolute Gasteiger partial charge is 0.223 e. The largest absolute Gasteiger partial charge is 0.334 e. The first-order valence-corrected chi connectivity index (χ1v) is 9.37. The average Bonchev–Trinajstić information content (AvgIpc) is 2.99. The van der Waals surface area contributed by atoms with Crippen molar-refractivity contribution in [3.8, 4) is 11.5 Å². The van der Waals surface area contributed by atoms with Gasteiger partial charge in [0.15, 0.2) is 5.82 Å². The Kier molecular flexibility index (Phi) is 5.12. The van der Waals surface area contributed by atoms with Gasteiger partial charge in [-0.1, -0.05) is 20.8 Å². The molecule has 0 radical (unpaired) electrons. The minimum absolute atomic E-state index is 0.0151. The standard InChI is InChI=1S/C20H29N5O/c1-14-22-15(12-16(23-14)19-21-9-11-24(19)5)17-8-6-7-10-25(17)18(26)13-20(2,3)4/h9,11-12,17H,6-8,10,13H2,1-5H3/t17-/m0/s1. The number of piperidine rings is 1. The molecule has 1 fully saturated rings. The summed E-state index contributed by atoms with van der Waals surface area (Å²) in [5.41, 5.74) is 1.73. The molecule has 0 unspecified atom stereocenters. The Bertz CT molecular complexity index is 790. The molecule has 6 heteroatoms. The van der Waals surface area contributed by atoms with Crippen molar-refractivity contribution in [2.24, 2.45) is 12.5 Å². The number of hydrogen-bond acceptors (Lipinski definition) is 4. The number of likely N-dealkylation sites (tertiary alicyclic amines) is 1. The summed E-state index contributed by atoms with van der Waals surface area (Å²) in [5.74, 6) is 1.76. The Morgan fingerprint density at radius 3 is 2.69 bits per heavy atom. The van der Waals surface area contributed by atoms with Crippen LogP contribution in [-0.2, 0) is 11.8 Å². The molecule has 1 aliphatic heterocycles. The van der Waals surface area contributed by atoms with E-state index in [4.69, 9.17) is 0 Å². The molecule has 1 saturated heterocycles. The predicted molar refractivity (Wildman–Crippen MR) is 101 cm³/mol. The summed E-state index contributed by atoms with van der Waals surface area (Å²) in [6, 6.07) is 2.03. The second kappa shape index (κ2) is 7.17. The third-order valence-electron chi connectivity index (χ3n) is 4.75. The second-order valence-corrected chi connectivity index (χ2v) is 8.42. The van der Waals surface area contributed by atoms with Crippen LogP contribution in [0.15, 0.2) is 18.5 Å². The summed E-state index contributed by atoms with van der Waals surface area (Å²) in [5, 5.41) is 0. The maximum Gasteiger partial charge on any atom is 0.223 e. The molecule has 140 valence electrons. The summed E-state index contributed by atoms with van der Waals surface area (Å²) in [7, 11) is 1.96. The number of hydrogen-bond donors (Lipinski definition) is 0. The molecule has 3 heterocycles. The number of aromatic nitrogens is 4. The van der Waals surface area contributed by atoms with Crippen LogP contribution in [0.3, 0.4) is 0 Å². The third-order valence-corrected chi connectivity index (χ3v) is 4.75. The van der Waals surface area contributed by atoms with Gasteiger partial charge in [-0.2, -0.15) is 0 Å². The molecule has 6 nitrogen and oxygen atoms in total. The number of amides is 1. The van der Waals surface area contributed by atoms with E-state index in [-0.39, 0.29) is 17.4 Å². The molecule has 1 amide bonds. The first kappa shape index (κ1) is 18.5. The topological polar surface area (TPSA) is 63.9 Å². The van der Waals surface area contributed by atoms with Gasteiger partial charge >= 0.3 is 0 Å². The van der Waals surface area contributed by atoms with Gasteiger partial charge in [0.25, 0.3) is 0 Å². The molecule has 0 saturated carbocycles. The van der Waals surface area contributed by atoms with Crippen LogP contribution < -0.4 is 0 Å². The number of rotatable bonds is 3. The van der Waals surface area contributed by atoms with E-state index in [0.717, 1.165) is 43.0 Å². The van der Waals surface area contributed by atoms with Crippen LogP contribution in [0.5, 0.6) is 0 Å². The van der Waals surface area contributed by atoms with Crippen molar-refractivity contribution >= 4 is 5.91 Å². The van der Waals surface area contributed by atoms with Gasteiger partial charge in [-0.05, 0) is 37.7 Å². The fraction of sp³-hybridized carbons (Fsp3) is 0.600. The lowest BCUT2D eigenvalue weighted by atomic mass is 9.90. The molecule has 0 N–H and O–H groups in total. The van der Waals surface area contributed by atoms with Crippen molar-refractivity contribution in [2.75, 3.05) is 6.54 Å². The SMILES string of the molecule is Cc1nc(-c2nccn2C)cc([C@@H]2CCCCN2C(=O)CC(C)(C)C)n1. The number of aryl methyl sites for hydroxylation is 2. The number of nitrogens with zero attached hydrogens (tertiary/aromatic N) is 5. The molecule has 26 heavy (non-hydrogen) atoms. The normalized spacial score (nSPS) is 18.2. The van der Waals surface area contributed by atoms with Gasteiger partial charge in [0.2, 0.25) is 5.91 Å². The fourth-order valence-corrected chi connectivity index (χ4v) is 3.58. The number of imidazole rings is 1. The zero-order valence-electron chi connectivity index (χ0n) is 16.5. The lowest BCUT2D eigenvalue weighted by Crippen LogP contribution is -2.40. The third kappa shape index (κ3) is 4.11. The molecule has 1 atom stereocenters. The van der Waals surface area contributed by atoms with E-state index >= 15 is 0 Å². The molecule has 0 aromatic carbocycles. The van der Waals surface area contributed by atoms with Gasteiger partial charge in [0.05, 0.1) is 11.7 Å². The van der Waals surface area contributed by atoms with Crippen molar-refractivity contribution in [3.05, 3.63) is 30.0 Å². The quantitative estimate of drug-likeness (QED) is 0.842. The van der Waals surface area contributed by atoms with Crippen molar-refractivity contribution in [3.63, 3.8) is 0 Å². The van der Waals surface area contributed by atoms with Crippen LogP contribution >= 0.6 is 0 Å². The molecular weight excluding hydrogens is 326 g/mol. The molecule has 1 aliphatic rings. The van der Waals surface area contributed by atoms with E-state index in [1.807, 2.05) is 35.7 Å². The molecule has 2 aromatic rings. The first-order valence-electron chi connectivity index (χ1n) is 9.37. The monoisotopic (exact) mass is 355 g/mol. The van der Waals surface area contributed by atoms with Crippen LogP contribution in [0.2, 0.25) is 0 Å². The Morgan fingerprint density at radius 1 is 1.27 bits per heavy atom. The minimum atomic E-state index is -0.0151. The molecule has 0 aliphatic carbocycles. The predicted octanol–water partition coefficient (Wildman–Crippen LogP) is 3.68. The van der Waals surface area contributed by atoms with Crippen LogP contribution in [0.4, 0.5) is 0 Å². The number of carbonyl (C=O) groups excluding carboxylic acids is 1. The summed E-state index contributed by atoms with van der Waals surface area (Å²) < 4.78 is 1.95. The highest BCUT2D eigenvalue weighted by molar-refractivity contribution is 5.77. The van der Waals surface area contributed by atoms with E-state index in [0.29, 0.717) is 12.2 Å². The van der Waals surface area contributed by atoms with Crippen molar-refractivity contribution in [1.29, 1.82) is 0 Å². The molecular formula is C20H29N5O. The molecule has 2 aromatic heterocycles. The van der Waals surface area contributed by atoms with Crippen molar-refractivity contribution < 1.29 is 4.79 Å². The van der Waals surface area contributed by atoms with Crippen LogP contribution in [0.1, 0.15) is 64.0 Å². The molecule has 3 rings (SSSR count). The lowest BCUT2D eigenvalue weighted by Gasteiger charge is -2.37. The van der Waals surface area contributed by atoms with E-state index in [1.165, 1.54) is 0 Å². The highest BCUT2D eigenvalue weighted by Gasteiger charge is 2.31. The summed E-state index contributed by atoms with van der Waals surface area (Å²) in [6.45, 7) is 9.04. The summed E-state index contributed by atoms with van der Waals surface area (Å²) in [6.07, 6.45) is 7.36. The van der Waals surface area contributed by atoms with E-state index in [1.54, 1.807) is 6.20 Å². The van der Waals surface area contributed by atoms with E-state index < -0.39 is 0 Å². The van der Waals surface area contributed by atoms with Crippen molar-refractivity contribution in [2.45, 2.75) is 59.4 Å². The average molecular weight is 355 g/mol. The Balaban J connectivity index is 1.94. The van der Waals surface area contributed by atoms with Gasteiger partial charge < -0.3 is 9.47 Å². The Morgan fingerprint density at radius 2 is 2.04 bits per heavy atom. The highest BCUT2D eigenvalue weighted by atomic mass is 16.2. The number of carbonyl (C=O) groups is 1. The van der Waals surface area contributed by atoms with Gasteiger partial charge in [-0.25, -0.2) is 15.0 Å². The highest BCUT2D eigenvalue weighted by Crippen LogP contribution is 2.33. The van der Waals surface area contributed by atoms with Gasteiger partial charge in [-0.3, -0.25) is 4.79 Å². The summed E-state index contributed by atoms with van der Waals surface area (Å²) in [4.78, 5) is 28.6. The van der Waals surface area contributed by atoms with Crippen LogP contribution in [0.25, 0.3) is 11.5 Å². The van der Waals surface area contributed by atoms with Gasteiger partial charge in [0, 0.05) is 32.4 Å². The lowest BCUT2D eigenvalue weighted by molar-refractivity contribution is -0.137. The summed E-state index contributed by atoms with van der Waals surface area (Å²) >= 11 is 0. The zero-order chi connectivity index (χ0) is 18.9. The zero-order valence-corrected chi connectivity index (χ0v) is 16.5. The molecule has 0 spiro atoms. The molecule has 0 bridgehead atoms. The minimum Gasteiger partial charge on any atom is -0.334 e. The van der Waals surface area contributed by atoms with Gasteiger partial charge in [-0.15, -0.1) is 0 Å². The fourth-order valence-electron chi connectivity index (χ4n) is 3.58. The maximum atomic E-state index is 12.9. The van der Waals surface area contributed by atoms with Crippen LogP contribution in [0, 0.1) is 12.3 Å². The first-order chi connectivity index (χ1) is 12.2.